The molecule has 100 valence electrons. The first-order valence-electron chi connectivity index (χ1n) is 5.88. The molecule has 3 rings (SSSR count). The summed E-state index contributed by atoms with van der Waals surface area (Å²) in [6.45, 7) is 0. The molecule has 0 amide bonds. The van der Waals surface area contributed by atoms with Crippen LogP contribution in [0.5, 0.6) is 5.75 Å². The van der Waals surface area contributed by atoms with E-state index in [-0.39, 0.29) is 11.5 Å². The number of hydrogen-bond acceptors (Lipinski definition) is 5. The zero-order valence-corrected chi connectivity index (χ0v) is 10.6. The molecular weight excluding hydrogens is 258 g/mol. The molecule has 0 saturated heterocycles. The van der Waals surface area contributed by atoms with E-state index in [1.807, 2.05) is 24.3 Å². The van der Waals surface area contributed by atoms with Gasteiger partial charge >= 0.3 is 0 Å². The Kier molecular flexibility index (Phi) is 3.00. The first-order chi connectivity index (χ1) is 9.76. The number of nitrogens with zero attached hydrogens (tertiary/aromatic N) is 3. The number of H-pyrrole nitrogens is 2. The summed E-state index contributed by atoms with van der Waals surface area (Å²) < 4.78 is 5.07. The monoisotopic (exact) mass is 269 g/mol. The molecule has 0 fully saturated rings. The van der Waals surface area contributed by atoms with Gasteiger partial charge in [-0.2, -0.15) is 4.98 Å². The smallest absolute Gasteiger partial charge is 0.278 e. The van der Waals surface area contributed by atoms with E-state index in [1.54, 1.807) is 13.3 Å². The molecule has 0 atom stereocenters. The van der Waals surface area contributed by atoms with Gasteiger partial charge in [0.2, 0.25) is 5.95 Å². The van der Waals surface area contributed by atoms with E-state index in [9.17, 15) is 4.79 Å². The Bertz CT molecular complexity index is 817. The number of rotatable bonds is 3. The Labute approximate surface area is 113 Å². The molecule has 0 saturated carbocycles. The summed E-state index contributed by atoms with van der Waals surface area (Å²) in [5, 5.41) is 0. The van der Waals surface area contributed by atoms with Crippen molar-refractivity contribution in [1.29, 1.82) is 0 Å². The van der Waals surface area contributed by atoms with Gasteiger partial charge < -0.3 is 9.72 Å². The van der Waals surface area contributed by atoms with E-state index in [2.05, 4.69) is 24.9 Å². The van der Waals surface area contributed by atoms with Crippen LogP contribution in [0.1, 0.15) is 5.56 Å². The van der Waals surface area contributed by atoms with Gasteiger partial charge in [-0.05, 0) is 29.8 Å². The van der Waals surface area contributed by atoms with Gasteiger partial charge in [0, 0.05) is 6.21 Å². The highest BCUT2D eigenvalue weighted by Crippen LogP contribution is 2.11. The SMILES string of the molecule is COc1ccc(/C=N/c2nc3nc[nH]c3c(=O)[nH]2)cc1. The van der Waals surface area contributed by atoms with Crippen molar-refractivity contribution in [2.45, 2.75) is 0 Å². The van der Waals surface area contributed by atoms with Gasteiger partial charge in [-0.25, -0.2) is 9.98 Å². The first kappa shape index (κ1) is 12.1. The molecule has 0 aliphatic heterocycles. The number of fused-ring (bicyclic) bond motifs is 1. The number of aliphatic imine (C=N–C) groups is 1. The van der Waals surface area contributed by atoms with E-state index < -0.39 is 0 Å². The predicted molar refractivity (Wildman–Crippen MR) is 74.8 cm³/mol. The van der Waals surface area contributed by atoms with Crippen molar-refractivity contribution in [3.05, 3.63) is 46.5 Å². The van der Waals surface area contributed by atoms with Crippen LogP contribution >= 0.6 is 0 Å². The Hall–Kier alpha value is -2.96. The van der Waals surface area contributed by atoms with Crippen LogP contribution in [-0.2, 0) is 0 Å². The van der Waals surface area contributed by atoms with E-state index in [0.717, 1.165) is 11.3 Å². The van der Waals surface area contributed by atoms with Crippen LogP contribution in [0.4, 0.5) is 5.95 Å². The molecule has 20 heavy (non-hydrogen) atoms. The number of ether oxygens (including phenoxy) is 1. The van der Waals surface area contributed by atoms with Crippen molar-refractivity contribution in [1.82, 2.24) is 19.9 Å². The second kappa shape index (κ2) is 4.96. The van der Waals surface area contributed by atoms with Crippen LogP contribution < -0.4 is 10.3 Å². The third-order valence-electron chi connectivity index (χ3n) is 2.74. The van der Waals surface area contributed by atoms with Gasteiger partial charge in [0.05, 0.1) is 13.4 Å². The first-order valence-corrected chi connectivity index (χ1v) is 5.88. The molecule has 0 aliphatic carbocycles. The minimum absolute atomic E-state index is 0.213. The highest BCUT2D eigenvalue weighted by molar-refractivity contribution is 5.81. The minimum Gasteiger partial charge on any atom is -0.497 e. The van der Waals surface area contributed by atoms with Crippen LogP contribution in [0.3, 0.4) is 0 Å². The lowest BCUT2D eigenvalue weighted by Gasteiger charge is -1.98. The van der Waals surface area contributed by atoms with Gasteiger partial charge in [0.1, 0.15) is 5.75 Å². The van der Waals surface area contributed by atoms with Crippen LogP contribution in [0.25, 0.3) is 11.2 Å². The van der Waals surface area contributed by atoms with Crippen LogP contribution in [0.15, 0.2) is 40.4 Å². The summed E-state index contributed by atoms with van der Waals surface area (Å²) in [5.41, 5.74) is 1.26. The van der Waals surface area contributed by atoms with Crippen molar-refractivity contribution in [3.63, 3.8) is 0 Å². The average Bonchev–Trinajstić information content (AvgIpc) is 2.94. The lowest BCUT2D eigenvalue weighted by atomic mass is 10.2. The summed E-state index contributed by atoms with van der Waals surface area (Å²) in [4.78, 5) is 29.2. The molecule has 0 aliphatic rings. The molecule has 7 heteroatoms. The fourth-order valence-electron chi connectivity index (χ4n) is 1.72. The number of methoxy groups -OCH3 is 1. The fourth-order valence-corrected chi connectivity index (χ4v) is 1.72. The Morgan fingerprint density at radius 1 is 1.30 bits per heavy atom. The molecule has 0 spiro atoms. The summed E-state index contributed by atoms with van der Waals surface area (Å²) in [6, 6.07) is 7.36. The third-order valence-corrected chi connectivity index (χ3v) is 2.74. The van der Waals surface area contributed by atoms with E-state index >= 15 is 0 Å². The normalized spacial score (nSPS) is 11.2. The van der Waals surface area contributed by atoms with Gasteiger partial charge in [0.25, 0.3) is 5.56 Å². The van der Waals surface area contributed by atoms with Crippen molar-refractivity contribution in [2.75, 3.05) is 7.11 Å². The van der Waals surface area contributed by atoms with Gasteiger partial charge in [-0.15, -0.1) is 0 Å². The van der Waals surface area contributed by atoms with Crippen molar-refractivity contribution in [2.24, 2.45) is 4.99 Å². The van der Waals surface area contributed by atoms with Crippen molar-refractivity contribution >= 4 is 23.3 Å². The zero-order valence-electron chi connectivity index (χ0n) is 10.6. The molecule has 0 bridgehead atoms. The maximum absolute atomic E-state index is 11.7. The van der Waals surface area contributed by atoms with Crippen LogP contribution in [-0.4, -0.2) is 33.3 Å². The molecule has 0 radical (unpaired) electrons. The van der Waals surface area contributed by atoms with Crippen molar-refractivity contribution < 1.29 is 4.74 Å². The van der Waals surface area contributed by atoms with E-state index in [1.165, 1.54) is 6.33 Å². The number of aromatic nitrogens is 4. The summed E-state index contributed by atoms with van der Waals surface area (Å²) in [7, 11) is 1.61. The molecule has 2 heterocycles. The molecule has 0 unspecified atom stereocenters. The van der Waals surface area contributed by atoms with E-state index in [4.69, 9.17) is 4.74 Å². The fraction of sp³-hybridized carbons (Fsp3) is 0.0769. The predicted octanol–water partition coefficient (Wildman–Crippen LogP) is 1.41. The Morgan fingerprint density at radius 2 is 2.10 bits per heavy atom. The van der Waals surface area contributed by atoms with Crippen LogP contribution in [0, 0.1) is 0 Å². The van der Waals surface area contributed by atoms with Gasteiger partial charge in [0.15, 0.2) is 11.2 Å². The minimum atomic E-state index is -0.297. The molecule has 2 N–H and O–H groups in total. The number of imidazole rings is 1. The molecule has 2 aromatic heterocycles. The second-order valence-corrected chi connectivity index (χ2v) is 4.02. The lowest BCUT2D eigenvalue weighted by molar-refractivity contribution is 0.415. The molecule has 7 nitrogen and oxygen atoms in total. The standard InChI is InChI=1S/C13H11N5O2/c1-20-9-4-2-8(3-5-9)6-14-13-17-11-10(12(19)18-13)15-7-16-11/h2-7H,1H3,(H2,15,16,17,18,19)/b14-6+. The lowest BCUT2D eigenvalue weighted by Crippen LogP contribution is -2.07. The number of hydrogen-bond donors (Lipinski definition) is 2. The molecule has 3 aromatic rings. The molecular formula is C13H11N5O2. The third kappa shape index (κ3) is 2.28. The summed E-state index contributed by atoms with van der Waals surface area (Å²) in [6.07, 6.45) is 3.03. The highest BCUT2D eigenvalue weighted by Gasteiger charge is 2.04. The maximum atomic E-state index is 11.7. The topological polar surface area (TPSA) is 96.0 Å². The average molecular weight is 269 g/mol. The number of aromatic amines is 2. The summed E-state index contributed by atoms with van der Waals surface area (Å²) >= 11 is 0. The molecule has 1 aromatic carbocycles. The maximum Gasteiger partial charge on any atom is 0.278 e. The summed E-state index contributed by atoms with van der Waals surface area (Å²) in [5.74, 6) is 0.983. The second-order valence-electron chi connectivity index (χ2n) is 4.02. The zero-order chi connectivity index (χ0) is 13.9. The van der Waals surface area contributed by atoms with Crippen LogP contribution in [0.2, 0.25) is 0 Å². The Balaban J connectivity index is 1.91. The Morgan fingerprint density at radius 3 is 2.85 bits per heavy atom. The number of benzene rings is 1. The largest absolute Gasteiger partial charge is 0.497 e. The van der Waals surface area contributed by atoms with Crippen molar-refractivity contribution in [3.8, 4) is 5.75 Å². The number of nitrogens with one attached hydrogen (secondary N) is 2. The van der Waals surface area contributed by atoms with E-state index in [0.29, 0.717) is 11.2 Å². The highest BCUT2D eigenvalue weighted by atomic mass is 16.5. The van der Waals surface area contributed by atoms with Gasteiger partial charge in [-0.3, -0.25) is 9.78 Å². The van der Waals surface area contributed by atoms with Gasteiger partial charge in [-0.1, -0.05) is 0 Å². The quantitative estimate of drug-likeness (QED) is 0.702.